The zero-order chi connectivity index (χ0) is 18.3. The molecule has 0 aromatic heterocycles. The molecule has 1 fully saturated rings. The van der Waals surface area contributed by atoms with Crippen LogP contribution in [0.5, 0.6) is 5.75 Å². The number of aromatic hydroxyl groups is 1. The van der Waals surface area contributed by atoms with Crippen LogP contribution in [-0.2, 0) is 9.59 Å². The minimum Gasteiger partial charge on any atom is -0.508 e. The average Bonchev–Trinajstić information content (AvgIpc) is 2.94. The second-order valence-electron chi connectivity index (χ2n) is 6.30. The molecule has 2 N–H and O–H groups in total. The van der Waals surface area contributed by atoms with Crippen molar-refractivity contribution in [2.75, 3.05) is 19.7 Å². The number of fused-ring (bicyclic) bond motifs is 1. The molecule has 0 saturated carbocycles. The summed E-state index contributed by atoms with van der Waals surface area (Å²) in [6.07, 6.45) is 2.00. The molecule has 2 heterocycles. The van der Waals surface area contributed by atoms with Crippen molar-refractivity contribution >= 4 is 35.0 Å². The third-order valence-electron chi connectivity index (χ3n) is 4.69. The third-order valence-corrected chi connectivity index (χ3v) is 5.51. The minimum absolute atomic E-state index is 0.0121. The molecule has 0 radical (unpaired) electrons. The lowest BCUT2D eigenvalue weighted by molar-refractivity contribution is -0.136. The van der Waals surface area contributed by atoms with Crippen LogP contribution < -0.4 is 0 Å². The molecule has 1 aromatic carbocycles. The Morgan fingerprint density at radius 3 is 2.76 bits per heavy atom. The van der Waals surface area contributed by atoms with Gasteiger partial charge in [-0.05, 0) is 19.1 Å². The largest absolute Gasteiger partial charge is 0.508 e. The number of halogens is 2. The van der Waals surface area contributed by atoms with Gasteiger partial charge < -0.3 is 20.0 Å². The molecule has 1 aromatic rings. The monoisotopic (exact) mass is 384 g/mol. The number of nitrogens with zero attached hydrogens (tertiary/aromatic N) is 2. The maximum Gasteiger partial charge on any atom is 0.248 e. The van der Waals surface area contributed by atoms with E-state index in [1.807, 2.05) is 6.08 Å². The van der Waals surface area contributed by atoms with Crippen molar-refractivity contribution in [2.24, 2.45) is 0 Å². The standard InChI is InChI=1S/C17H18Cl2N2O4/c1-9-4-14(24)21-6-10(5-11(21)7-20(9)15(25)8-22)16-13(23)3-2-12(18)17(16)19/h2-3,5,9-10,22-23H,4,6-8H2,1H3/t9-,10+/m1/s1. The van der Waals surface area contributed by atoms with Gasteiger partial charge in [-0.2, -0.15) is 0 Å². The van der Waals surface area contributed by atoms with Crippen molar-refractivity contribution in [3.8, 4) is 5.75 Å². The van der Waals surface area contributed by atoms with Crippen molar-refractivity contribution in [3.63, 3.8) is 0 Å². The van der Waals surface area contributed by atoms with Gasteiger partial charge in [0.15, 0.2) is 0 Å². The number of phenols is 1. The molecular formula is C17H18Cl2N2O4. The Morgan fingerprint density at radius 1 is 1.36 bits per heavy atom. The molecule has 25 heavy (non-hydrogen) atoms. The predicted octanol–water partition coefficient (Wildman–Crippen LogP) is 2.12. The van der Waals surface area contributed by atoms with E-state index in [0.29, 0.717) is 22.8 Å². The van der Waals surface area contributed by atoms with Crippen LogP contribution in [0.25, 0.3) is 0 Å². The van der Waals surface area contributed by atoms with Crippen molar-refractivity contribution in [3.05, 3.63) is 39.5 Å². The highest BCUT2D eigenvalue weighted by atomic mass is 35.5. The number of hydrogen-bond acceptors (Lipinski definition) is 4. The fourth-order valence-corrected chi connectivity index (χ4v) is 3.87. The van der Waals surface area contributed by atoms with Gasteiger partial charge in [-0.1, -0.05) is 29.3 Å². The lowest BCUT2D eigenvalue weighted by Gasteiger charge is -2.25. The van der Waals surface area contributed by atoms with Crippen LogP contribution in [0, 0.1) is 0 Å². The number of aliphatic hydroxyl groups is 1. The van der Waals surface area contributed by atoms with E-state index in [9.17, 15) is 14.7 Å². The fourth-order valence-electron chi connectivity index (χ4n) is 3.40. The molecule has 3 rings (SSSR count). The van der Waals surface area contributed by atoms with Gasteiger partial charge in [-0.15, -0.1) is 0 Å². The number of aliphatic hydroxyl groups excluding tert-OH is 1. The Bertz CT molecular complexity index is 765. The van der Waals surface area contributed by atoms with Gasteiger partial charge in [0.1, 0.15) is 12.4 Å². The maximum atomic E-state index is 12.5. The number of amides is 2. The van der Waals surface area contributed by atoms with E-state index in [0.717, 1.165) is 0 Å². The first-order valence-electron chi connectivity index (χ1n) is 7.91. The Balaban J connectivity index is 1.97. The van der Waals surface area contributed by atoms with Crippen molar-refractivity contribution in [1.82, 2.24) is 9.80 Å². The maximum absolute atomic E-state index is 12.5. The van der Waals surface area contributed by atoms with E-state index in [1.165, 1.54) is 17.0 Å². The first-order valence-corrected chi connectivity index (χ1v) is 8.67. The molecule has 8 heteroatoms. The summed E-state index contributed by atoms with van der Waals surface area (Å²) in [7, 11) is 0. The van der Waals surface area contributed by atoms with Crippen LogP contribution in [0.4, 0.5) is 0 Å². The van der Waals surface area contributed by atoms with Gasteiger partial charge in [0.05, 0.1) is 16.6 Å². The van der Waals surface area contributed by atoms with Crippen LogP contribution in [0.2, 0.25) is 10.0 Å². The first-order chi connectivity index (χ1) is 11.8. The SMILES string of the molecule is C[C@@H]1CC(=O)N2C[C@@H](c3c(O)ccc(Cl)c3Cl)C=C2CN1C(=O)CO. The van der Waals surface area contributed by atoms with Gasteiger partial charge in [0.25, 0.3) is 0 Å². The number of carbonyl (C=O) groups is 2. The summed E-state index contributed by atoms with van der Waals surface area (Å²) in [5.74, 6) is -0.829. The summed E-state index contributed by atoms with van der Waals surface area (Å²) in [4.78, 5) is 27.6. The summed E-state index contributed by atoms with van der Waals surface area (Å²) in [6.45, 7) is 1.74. The third kappa shape index (κ3) is 3.21. The van der Waals surface area contributed by atoms with Crippen LogP contribution >= 0.6 is 23.2 Å². The van der Waals surface area contributed by atoms with Crippen LogP contribution in [0.15, 0.2) is 23.9 Å². The van der Waals surface area contributed by atoms with E-state index >= 15 is 0 Å². The molecule has 2 aliphatic heterocycles. The van der Waals surface area contributed by atoms with E-state index in [1.54, 1.807) is 11.8 Å². The normalized spacial score (nSPS) is 23.4. The Labute approximate surface area is 155 Å². The van der Waals surface area contributed by atoms with E-state index in [4.69, 9.17) is 28.3 Å². The molecule has 1 saturated heterocycles. The Kier molecular flexibility index (Phi) is 4.95. The second kappa shape index (κ2) is 6.86. The highest BCUT2D eigenvalue weighted by molar-refractivity contribution is 6.42. The van der Waals surface area contributed by atoms with Gasteiger partial charge in [-0.3, -0.25) is 9.59 Å². The number of benzene rings is 1. The molecule has 2 atom stereocenters. The minimum atomic E-state index is -0.601. The molecule has 2 aliphatic rings. The smallest absolute Gasteiger partial charge is 0.248 e. The van der Waals surface area contributed by atoms with Gasteiger partial charge in [0, 0.05) is 36.2 Å². The molecule has 2 amide bonds. The van der Waals surface area contributed by atoms with Gasteiger partial charge >= 0.3 is 0 Å². The average molecular weight is 385 g/mol. The van der Waals surface area contributed by atoms with Crippen LogP contribution in [0.1, 0.15) is 24.8 Å². The van der Waals surface area contributed by atoms with Gasteiger partial charge in [-0.25, -0.2) is 0 Å². The number of phenolic OH excluding ortho intramolecular Hbond substituents is 1. The quantitative estimate of drug-likeness (QED) is 0.817. The number of carbonyl (C=O) groups excluding carboxylic acids is 2. The second-order valence-corrected chi connectivity index (χ2v) is 7.08. The molecule has 0 unspecified atom stereocenters. The Hall–Kier alpha value is -1.76. The summed E-state index contributed by atoms with van der Waals surface area (Å²) < 4.78 is 0. The van der Waals surface area contributed by atoms with Gasteiger partial charge in [0.2, 0.25) is 11.8 Å². The lowest BCUT2D eigenvalue weighted by Crippen LogP contribution is -2.40. The number of rotatable bonds is 2. The Morgan fingerprint density at radius 2 is 2.08 bits per heavy atom. The molecule has 0 aliphatic carbocycles. The van der Waals surface area contributed by atoms with Crippen molar-refractivity contribution in [1.29, 1.82) is 0 Å². The highest BCUT2D eigenvalue weighted by Crippen LogP contribution is 2.42. The molecule has 134 valence electrons. The molecule has 0 bridgehead atoms. The van der Waals surface area contributed by atoms with Crippen LogP contribution in [-0.4, -0.2) is 57.6 Å². The van der Waals surface area contributed by atoms with Crippen molar-refractivity contribution in [2.45, 2.75) is 25.3 Å². The molecule has 6 nitrogen and oxygen atoms in total. The lowest BCUT2D eigenvalue weighted by atomic mass is 9.98. The fraction of sp³-hybridized carbons (Fsp3) is 0.412. The summed E-state index contributed by atoms with van der Waals surface area (Å²) in [5, 5.41) is 19.9. The highest BCUT2D eigenvalue weighted by Gasteiger charge is 2.37. The predicted molar refractivity (Wildman–Crippen MR) is 93.5 cm³/mol. The molecular weight excluding hydrogens is 367 g/mol. The molecule has 0 spiro atoms. The van der Waals surface area contributed by atoms with E-state index in [2.05, 4.69) is 0 Å². The summed E-state index contributed by atoms with van der Waals surface area (Å²) in [6, 6.07) is 2.69. The summed E-state index contributed by atoms with van der Waals surface area (Å²) in [5.41, 5.74) is 1.13. The topological polar surface area (TPSA) is 81.1 Å². The van der Waals surface area contributed by atoms with E-state index < -0.39 is 12.5 Å². The summed E-state index contributed by atoms with van der Waals surface area (Å²) >= 11 is 12.3. The number of hydrogen-bond donors (Lipinski definition) is 2. The van der Waals surface area contributed by atoms with E-state index in [-0.39, 0.29) is 41.6 Å². The zero-order valence-corrected chi connectivity index (χ0v) is 15.1. The zero-order valence-electron chi connectivity index (χ0n) is 13.6. The first kappa shape index (κ1) is 18.0. The van der Waals surface area contributed by atoms with Crippen LogP contribution in [0.3, 0.4) is 0 Å². The van der Waals surface area contributed by atoms with Crippen molar-refractivity contribution < 1.29 is 19.8 Å².